The molecular formula is C21H25N3O4S. The molecule has 154 valence electrons. The van der Waals surface area contributed by atoms with Crippen molar-refractivity contribution in [2.24, 2.45) is 11.3 Å². The fraction of sp³-hybridized carbons (Fsp3) is 0.381. The number of para-hydroxylation sites is 1. The molecule has 2 aliphatic rings. The number of urea groups is 1. The number of anilines is 2. The molecule has 3 atom stereocenters. The van der Waals surface area contributed by atoms with Crippen LogP contribution in [0.5, 0.6) is 0 Å². The van der Waals surface area contributed by atoms with E-state index in [1.807, 2.05) is 6.07 Å². The second-order valence-corrected chi connectivity index (χ2v) is 9.82. The van der Waals surface area contributed by atoms with Gasteiger partial charge in [0.1, 0.15) is 0 Å². The number of carbonyl (C=O) groups excluding carboxylic acids is 1. The summed E-state index contributed by atoms with van der Waals surface area (Å²) in [6, 6.07) is 14.5. The molecule has 1 saturated heterocycles. The normalized spacial score (nSPS) is 24.8. The van der Waals surface area contributed by atoms with E-state index in [1.54, 1.807) is 36.4 Å². The van der Waals surface area contributed by atoms with E-state index in [4.69, 9.17) is 4.74 Å². The summed E-state index contributed by atoms with van der Waals surface area (Å²) in [5.41, 5.74) is 0.766. The molecule has 3 N–H and O–H groups in total. The quantitative estimate of drug-likeness (QED) is 0.697. The lowest BCUT2D eigenvalue weighted by molar-refractivity contribution is -0.107. The average molecular weight is 416 g/mol. The van der Waals surface area contributed by atoms with Gasteiger partial charge in [0.2, 0.25) is 0 Å². The van der Waals surface area contributed by atoms with Crippen LogP contribution in [-0.2, 0) is 14.8 Å². The fourth-order valence-electron chi connectivity index (χ4n) is 4.39. The zero-order valence-corrected chi connectivity index (χ0v) is 17.2. The van der Waals surface area contributed by atoms with Crippen molar-refractivity contribution in [1.29, 1.82) is 0 Å². The lowest BCUT2D eigenvalue weighted by atomic mass is 9.57. The second-order valence-electron chi connectivity index (χ2n) is 8.14. The molecule has 0 bridgehead atoms. The zero-order valence-electron chi connectivity index (χ0n) is 16.4. The van der Waals surface area contributed by atoms with Crippen LogP contribution in [0.15, 0.2) is 59.5 Å². The first-order chi connectivity index (χ1) is 13.8. The third kappa shape index (κ3) is 3.82. The third-order valence-corrected chi connectivity index (χ3v) is 7.19. The highest BCUT2D eigenvalue weighted by molar-refractivity contribution is 7.92. The van der Waals surface area contributed by atoms with Crippen molar-refractivity contribution < 1.29 is 17.9 Å². The van der Waals surface area contributed by atoms with Gasteiger partial charge < -0.3 is 15.4 Å². The average Bonchev–Trinajstić information content (AvgIpc) is 3.14. The number of nitrogens with one attached hydrogen (secondary N) is 3. The van der Waals surface area contributed by atoms with Crippen LogP contribution in [0.1, 0.15) is 20.3 Å². The van der Waals surface area contributed by atoms with Crippen LogP contribution in [0.2, 0.25) is 0 Å². The highest BCUT2D eigenvalue weighted by Gasteiger charge is 2.59. The first kappa shape index (κ1) is 19.7. The minimum Gasteiger partial charge on any atom is -0.377 e. The SMILES string of the molecule is CC1(C)[C@H](NC(=O)Nc2cccc(S(=O)(=O)Nc3ccccc3)c2)[C@H]2CCO[C@@H]21. The van der Waals surface area contributed by atoms with Gasteiger partial charge in [-0.2, -0.15) is 0 Å². The molecule has 0 unspecified atom stereocenters. The predicted octanol–water partition coefficient (Wildman–Crippen LogP) is 3.42. The van der Waals surface area contributed by atoms with E-state index in [-0.39, 0.29) is 28.5 Å². The van der Waals surface area contributed by atoms with Crippen molar-refractivity contribution in [3.8, 4) is 0 Å². The van der Waals surface area contributed by atoms with Gasteiger partial charge in [-0.15, -0.1) is 0 Å². The summed E-state index contributed by atoms with van der Waals surface area (Å²) >= 11 is 0. The van der Waals surface area contributed by atoms with Crippen LogP contribution >= 0.6 is 0 Å². The largest absolute Gasteiger partial charge is 0.377 e. The first-order valence-electron chi connectivity index (χ1n) is 9.64. The summed E-state index contributed by atoms with van der Waals surface area (Å²) in [6.45, 7) is 4.91. The van der Waals surface area contributed by atoms with Gasteiger partial charge in [0, 0.05) is 35.4 Å². The molecule has 2 aromatic rings. The summed E-state index contributed by atoms with van der Waals surface area (Å²) in [5.74, 6) is 0.331. The number of fused-ring (bicyclic) bond motifs is 1. The highest BCUT2D eigenvalue weighted by atomic mass is 32.2. The molecule has 2 amide bonds. The van der Waals surface area contributed by atoms with Crippen molar-refractivity contribution in [2.45, 2.75) is 37.3 Å². The van der Waals surface area contributed by atoms with E-state index in [9.17, 15) is 13.2 Å². The Kier molecular flexibility index (Phi) is 5.00. The van der Waals surface area contributed by atoms with E-state index in [0.717, 1.165) is 13.0 Å². The number of sulfonamides is 1. The molecule has 8 heteroatoms. The van der Waals surface area contributed by atoms with Gasteiger partial charge in [-0.3, -0.25) is 4.72 Å². The van der Waals surface area contributed by atoms with Crippen LogP contribution in [0.3, 0.4) is 0 Å². The van der Waals surface area contributed by atoms with E-state index < -0.39 is 10.0 Å². The minimum atomic E-state index is -3.76. The van der Waals surface area contributed by atoms with Crippen molar-refractivity contribution in [3.05, 3.63) is 54.6 Å². The minimum absolute atomic E-state index is 0.0293. The van der Waals surface area contributed by atoms with E-state index >= 15 is 0 Å². The first-order valence-corrected chi connectivity index (χ1v) is 11.1. The highest BCUT2D eigenvalue weighted by Crippen LogP contribution is 2.52. The van der Waals surface area contributed by atoms with Crippen LogP contribution in [-0.4, -0.2) is 33.2 Å². The molecule has 2 aromatic carbocycles. The molecule has 0 spiro atoms. The summed E-state index contributed by atoms with van der Waals surface area (Å²) in [5, 5.41) is 5.78. The lowest BCUT2D eigenvalue weighted by Crippen LogP contribution is -2.67. The number of rotatable bonds is 5. The van der Waals surface area contributed by atoms with Gasteiger partial charge in [0.15, 0.2) is 0 Å². The maximum Gasteiger partial charge on any atom is 0.319 e. The summed E-state index contributed by atoms with van der Waals surface area (Å²) in [7, 11) is -3.76. The summed E-state index contributed by atoms with van der Waals surface area (Å²) in [4.78, 5) is 12.6. The molecule has 29 heavy (non-hydrogen) atoms. The fourth-order valence-corrected chi connectivity index (χ4v) is 5.49. The molecule has 0 radical (unpaired) electrons. The Bertz CT molecular complexity index is 1010. The number of benzene rings is 2. The Morgan fingerprint density at radius 3 is 2.55 bits per heavy atom. The molecule has 2 fully saturated rings. The molecule has 0 aromatic heterocycles. The van der Waals surface area contributed by atoms with E-state index in [2.05, 4.69) is 29.2 Å². The van der Waals surface area contributed by atoms with Gasteiger partial charge in [-0.05, 0) is 36.8 Å². The van der Waals surface area contributed by atoms with Crippen molar-refractivity contribution in [1.82, 2.24) is 5.32 Å². The lowest BCUT2D eigenvalue weighted by Gasteiger charge is -2.54. The molecule has 1 saturated carbocycles. The summed E-state index contributed by atoms with van der Waals surface area (Å²) in [6.07, 6.45) is 1.13. The van der Waals surface area contributed by atoms with Gasteiger partial charge in [0.05, 0.1) is 11.0 Å². The Balaban J connectivity index is 1.43. The van der Waals surface area contributed by atoms with Crippen LogP contribution in [0.25, 0.3) is 0 Å². The number of amides is 2. The molecule has 1 aliphatic carbocycles. The number of hydrogen-bond acceptors (Lipinski definition) is 4. The van der Waals surface area contributed by atoms with Crippen molar-refractivity contribution in [2.75, 3.05) is 16.6 Å². The number of carbonyl (C=O) groups is 1. The van der Waals surface area contributed by atoms with Gasteiger partial charge in [-0.25, -0.2) is 13.2 Å². The van der Waals surface area contributed by atoms with Gasteiger partial charge in [-0.1, -0.05) is 38.1 Å². The second kappa shape index (κ2) is 7.35. The molecule has 7 nitrogen and oxygen atoms in total. The van der Waals surface area contributed by atoms with Crippen LogP contribution in [0.4, 0.5) is 16.2 Å². The van der Waals surface area contributed by atoms with E-state index in [1.165, 1.54) is 12.1 Å². The Morgan fingerprint density at radius 1 is 1.07 bits per heavy atom. The maximum absolute atomic E-state index is 12.6. The molecule has 1 aliphatic heterocycles. The monoisotopic (exact) mass is 415 g/mol. The number of hydrogen-bond donors (Lipinski definition) is 3. The Morgan fingerprint density at radius 2 is 1.79 bits per heavy atom. The summed E-state index contributed by atoms with van der Waals surface area (Å²) < 4.78 is 33.5. The van der Waals surface area contributed by atoms with Gasteiger partial charge >= 0.3 is 6.03 Å². The molecular weight excluding hydrogens is 390 g/mol. The zero-order chi connectivity index (χ0) is 20.6. The Labute approximate surface area is 170 Å². The molecule has 1 heterocycles. The van der Waals surface area contributed by atoms with Gasteiger partial charge in [0.25, 0.3) is 10.0 Å². The standard InChI is InChI=1S/C21H25N3O4S/c1-21(2)18(17-11-12-28-19(17)21)23-20(25)22-15-9-6-10-16(13-15)29(26,27)24-14-7-4-3-5-8-14/h3-10,13,17-19,24H,11-12H2,1-2H3,(H2,22,23,25)/t17-,18-,19+/m1/s1. The predicted molar refractivity (Wildman–Crippen MR) is 111 cm³/mol. The molecule has 4 rings (SSSR count). The number of ether oxygens (including phenoxy) is 1. The van der Waals surface area contributed by atoms with Crippen molar-refractivity contribution in [3.63, 3.8) is 0 Å². The van der Waals surface area contributed by atoms with E-state index in [0.29, 0.717) is 17.3 Å². The Hall–Kier alpha value is -2.58. The van der Waals surface area contributed by atoms with Crippen LogP contribution in [0, 0.1) is 11.3 Å². The third-order valence-electron chi connectivity index (χ3n) is 5.82. The maximum atomic E-state index is 12.6. The van der Waals surface area contributed by atoms with Crippen LogP contribution < -0.4 is 15.4 Å². The smallest absolute Gasteiger partial charge is 0.319 e. The van der Waals surface area contributed by atoms with Crippen molar-refractivity contribution >= 4 is 27.4 Å². The topological polar surface area (TPSA) is 96.5 Å².